The Balaban J connectivity index is 0.000000388. The van der Waals surface area contributed by atoms with E-state index in [1.165, 1.54) is 59.0 Å². The van der Waals surface area contributed by atoms with Crippen molar-refractivity contribution in [1.82, 2.24) is 9.80 Å². The molecule has 0 aromatic heterocycles. The van der Waals surface area contributed by atoms with E-state index in [-0.39, 0.29) is 127 Å². The minimum atomic E-state index is -5.38. The molecule has 0 radical (unpaired) electrons. The van der Waals surface area contributed by atoms with E-state index in [9.17, 15) is 69.4 Å². The fourth-order valence-corrected chi connectivity index (χ4v) is 13.2. The number of rotatable bonds is 18. The van der Waals surface area contributed by atoms with Crippen molar-refractivity contribution >= 4 is 54.2 Å². The molecule has 10 rings (SSSR count). The molecule has 6 N–H and O–H groups in total. The monoisotopic (exact) mass is 1460 g/mol. The van der Waals surface area contributed by atoms with E-state index in [0.29, 0.717) is 60.0 Å². The van der Waals surface area contributed by atoms with Crippen molar-refractivity contribution < 1.29 is 147 Å². The SMILES string of the molecule is C.C.Cc1cccc(F)c1C(=O)N1CCC[C@H](C(=O)Nc2ccc(CO)c(C(F)(F)F)c2)[C@@H]1c1ccc(NC2CCCC2)cc1.Cc1cccc(F)c1C(=O)N1CCC[C@H](C(=O)Nc2ccc(COCOP(=O)([O-])[O-])c(C(F)(F)F)c2)[C@@H]1c1ccc(NC2CCCC2)cc1.N#CC#CCO.[Na+].[Na+]. The second kappa shape index (κ2) is 40.5. The summed E-state index contributed by atoms with van der Waals surface area (Å²) < 4.78 is 132. The van der Waals surface area contributed by atoms with Crippen LogP contribution in [0, 0.1) is 60.5 Å². The van der Waals surface area contributed by atoms with E-state index in [1.807, 2.05) is 42.3 Å². The van der Waals surface area contributed by atoms with Crippen molar-refractivity contribution in [1.29, 1.82) is 5.26 Å². The fraction of sp³-hybridized carbons (Fsp3) is 0.411. The van der Waals surface area contributed by atoms with Crippen LogP contribution in [0.4, 0.5) is 57.9 Å². The van der Waals surface area contributed by atoms with Gasteiger partial charge in [0.25, 0.3) is 11.8 Å². The van der Waals surface area contributed by atoms with E-state index in [2.05, 4.69) is 31.7 Å². The molecule has 2 saturated heterocycles. The summed E-state index contributed by atoms with van der Waals surface area (Å²) in [5.74, 6) is -1.24. The molecule has 4 aliphatic rings. The van der Waals surface area contributed by atoms with Gasteiger partial charge >= 0.3 is 71.5 Å². The van der Waals surface area contributed by atoms with Gasteiger partial charge in [-0.2, -0.15) is 31.6 Å². The molecule has 0 unspecified atom stereocenters. The van der Waals surface area contributed by atoms with E-state index >= 15 is 4.39 Å². The predicted octanol–water partition coefficient (Wildman–Crippen LogP) is 8.08. The van der Waals surface area contributed by atoms with Crippen LogP contribution in [0.2, 0.25) is 0 Å². The van der Waals surface area contributed by atoms with Crippen LogP contribution in [0.25, 0.3) is 0 Å². The summed E-state index contributed by atoms with van der Waals surface area (Å²) in [5.41, 5.74) is 0.663. The number of nitriles is 1. The van der Waals surface area contributed by atoms with Gasteiger partial charge < -0.3 is 64.9 Å². The van der Waals surface area contributed by atoms with Gasteiger partial charge in [0.05, 0.1) is 67.2 Å². The number of aliphatic hydroxyl groups excluding tert-OH is 2. The molecule has 4 atom stereocenters. The van der Waals surface area contributed by atoms with Crippen LogP contribution in [-0.4, -0.2) is 82.2 Å². The first-order valence-corrected chi connectivity index (χ1v) is 33.4. The van der Waals surface area contributed by atoms with Crippen molar-refractivity contribution in [3.63, 3.8) is 0 Å². The topological polar surface area (TPSA) is 269 Å². The summed E-state index contributed by atoms with van der Waals surface area (Å²) in [6.07, 6.45) is 0.853. The maximum absolute atomic E-state index is 15.0. The predicted molar refractivity (Wildman–Crippen MR) is 358 cm³/mol. The van der Waals surface area contributed by atoms with Crippen molar-refractivity contribution in [2.75, 3.05) is 47.8 Å². The zero-order valence-corrected chi connectivity index (χ0v) is 60.5. The van der Waals surface area contributed by atoms with E-state index in [0.717, 1.165) is 74.2 Å². The van der Waals surface area contributed by atoms with Gasteiger partial charge in [0.15, 0.2) is 12.9 Å². The first-order valence-electron chi connectivity index (χ1n) is 31.9. The van der Waals surface area contributed by atoms with Crippen molar-refractivity contribution in [3.05, 3.63) is 189 Å². The van der Waals surface area contributed by atoms with Crippen molar-refractivity contribution in [2.45, 2.75) is 155 Å². The number of anilines is 4. The average molecular weight is 1460 g/mol. The molecule has 6 aromatic rings. The number of piperidine rings is 2. The Kier molecular flexibility index (Phi) is 34.8. The van der Waals surface area contributed by atoms with E-state index in [1.54, 1.807) is 44.2 Å². The number of hydrogen-bond donors (Lipinski definition) is 6. The third-order valence-corrected chi connectivity index (χ3v) is 18.0. The van der Waals surface area contributed by atoms with E-state index < -0.39 is 110 Å². The second-order valence-corrected chi connectivity index (χ2v) is 25.4. The van der Waals surface area contributed by atoms with Crippen molar-refractivity contribution in [2.24, 2.45) is 11.8 Å². The Bertz CT molecular complexity index is 3890. The number of ether oxygens (including phenoxy) is 1. The average Bonchev–Trinajstić information content (AvgIpc) is 0.905. The number of halogens is 8. The maximum atomic E-state index is 15.0. The van der Waals surface area contributed by atoms with Crippen LogP contribution in [0.3, 0.4) is 0 Å². The minimum Gasteiger partial charge on any atom is -0.790 e. The molecular formula is C73H82F8N7Na2O11P. The quantitative estimate of drug-likeness (QED) is 0.0119. The molecule has 102 heavy (non-hydrogen) atoms. The molecule has 4 amide bonds. The summed E-state index contributed by atoms with van der Waals surface area (Å²) in [6, 6.07) is 30.4. The summed E-state index contributed by atoms with van der Waals surface area (Å²) in [5, 5.41) is 37.1. The van der Waals surface area contributed by atoms with Crippen LogP contribution in [0.5, 0.6) is 0 Å². The van der Waals surface area contributed by atoms with Gasteiger partial charge in [0.1, 0.15) is 18.2 Å². The molecule has 0 spiro atoms. The van der Waals surface area contributed by atoms with Gasteiger partial charge in [-0.3, -0.25) is 19.2 Å². The van der Waals surface area contributed by atoms with Gasteiger partial charge in [-0.15, -0.1) is 0 Å². The van der Waals surface area contributed by atoms with Gasteiger partial charge in [-0.05, 0) is 159 Å². The summed E-state index contributed by atoms with van der Waals surface area (Å²) >= 11 is 0. The molecule has 18 nitrogen and oxygen atoms in total. The molecule has 2 heterocycles. The molecule has 29 heteroatoms. The molecule has 4 fully saturated rings. The number of carbonyl (C=O) groups excluding carboxylic acids is 4. The number of aryl methyl sites for hydroxylation is 2. The van der Waals surface area contributed by atoms with Gasteiger partial charge in [0.2, 0.25) is 11.8 Å². The molecule has 2 aliphatic heterocycles. The molecule has 2 saturated carbocycles. The number of phosphoric ester groups is 1. The van der Waals surface area contributed by atoms with Gasteiger partial charge in [-0.25, -0.2) is 8.78 Å². The normalized spacial score (nSPS) is 17.5. The number of likely N-dealkylation sites (tertiary alicyclic amines) is 2. The third kappa shape index (κ3) is 23.9. The largest absolute Gasteiger partial charge is 1.00 e. The zero-order chi connectivity index (χ0) is 70.9. The van der Waals surface area contributed by atoms with Gasteiger partial charge in [0, 0.05) is 53.8 Å². The Morgan fingerprint density at radius 1 is 0.588 bits per heavy atom. The second-order valence-electron chi connectivity index (χ2n) is 24.2. The van der Waals surface area contributed by atoms with Crippen LogP contribution in [0.1, 0.15) is 169 Å². The fourth-order valence-electron chi connectivity index (χ4n) is 13.0. The van der Waals surface area contributed by atoms with Crippen LogP contribution in [-0.2, 0) is 49.0 Å². The standard InChI is InChI=1S/C34H38F4N3O7P.C33H35F4N3O3.C4H3NO.2CH4.2Na/c1-21-6-4-10-29(35)30(21)33(43)41-17-5-9-27(31(41)22-11-14-25(15-12-22)39-24-7-2-3-8-24)32(42)40-26-16-13-23(28(18-26)34(36,37)38)19-47-20-48-49(44,45)46;1-20-6-4-10-28(34)29(20)32(43)40-17-5-9-26(30(40)21-11-14-24(15-12-21)38-23-7-2-3-8-23)31(42)39-25-16-13-22(19-41)27(18-25)33(35,36)37;5-3-1-2-4-6;;;;/h4,6,10-16,18,24,27,31,39H,2-3,5,7-9,17,19-20H2,1H3,(H,40,42)(H2,44,45,46);4,6,10-16,18,23,26,30,38,41H,2-3,5,7-9,17,19H2,1H3,(H,39,42);6H,4H2;2*1H4;;/q;;;;;2*+1/p-2/t27-,31-;26-,30-;;;;;/m00...../s1. The summed E-state index contributed by atoms with van der Waals surface area (Å²) in [7, 11) is -5.38. The number of benzene rings is 6. The number of hydrogen-bond acceptors (Lipinski definition) is 14. The number of amides is 4. The number of nitrogens with one attached hydrogen (secondary N) is 4. The maximum Gasteiger partial charge on any atom is 1.00 e. The summed E-state index contributed by atoms with van der Waals surface area (Å²) in [4.78, 5) is 79.6. The zero-order valence-electron chi connectivity index (χ0n) is 55.6. The molecular weight excluding hydrogens is 1380 g/mol. The molecule has 6 aromatic carbocycles. The number of aliphatic hydroxyl groups is 2. The number of nitrogens with zero attached hydrogens (tertiary/aromatic N) is 3. The Morgan fingerprint density at radius 2 is 0.980 bits per heavy atom. The Morgan fingerprint density at radius 3 is 1.33 bits per heavy atom. The number of alkyl halides is 6. The van der Waals surface area contributed by atoms with Crippen LogP contribution >= 0.6 is 7.82 Å². The Labute approximate surface area is 633 Å². The smallest absolute Gasteiger partial charge is 0.790 e. The number of carbonyl (C=O) groups is 4. The first-order chi connectivity index (χ1) is 46.7. The van der Waals surface area contributed by atoms with Crippen LogP contribution < -0.4 is 90.2 Å². The minimum absolute atomic E-state index is 0. The molecule has 2 aliphatic carbocycles. The summed E-state index contributed by atoms with van der Waals surface area (Å²) in [6.45, 7) is 0.959. The van der Waals surface area contributed by atoms with Crippen molar-refractivity contribution in [3.8, 4) is 17.9 Å². The third-order valence-electron chi connectivity index (χ3n) is 17.6. The first kappa shape index (κ1) is 87.7. The molecule has 0 bridgehead atoms. The Hall–Kier alpha value is -6.72. The van der Waals surface area contributed by atoms with E-state index in [4.69, 9.17) is 15.1 Å². The molecule has 538 valence electrons. The van der Waals surface area contributed by atoms with Crippen LogP contribution in [0.15, 0.2) is 121 Å². The van der Waals surface area contributed by atoms with Gasteiger partial charge in [-0.1, -0.05) is 107 Å². The number of phosphoric acid groups is 1.